The summed E-state index contributed by atoms with van der Waals surface area (Å²) in [5.74, 6) is -0.0648. The average Bonchev–Trinajstić information content (AvgIpc) is 3.24. The largest absolute Gasteiger partial charge is 0.466 e. The summed E-state index contributed by atoms with van der Waals surface area (Å²) in [5, 5.41) is 23.1. The molecule has 0 aromatic heterocycles. The minimum atomic E-state index is -0.672. The molecule has 6 heteroatoms. The van der Waals surface area contributed by atoms with Crippen molar-refractivity contribution in [3.05, 3.63) is 36.5 Å². The van der Waals surface area contributed by atoms with E-state index in [0.717, 1.165) is 70.6 Å². The van der Waals surface area contributed by atoms with Gasteiger partial charge < -0.3 is 20.3 Å². The van der Waals surface area contributed by atoms with Crippen LogP contribution in [0.15, 0.2) is 36.5 Å². The Morgan fingerprint density at radius 1 is 0.475 bits per heavy atom. The molecule has 0 rings (SSSR count). The third kappa shape index (κ3) is 45.4. The fraction of sp³-hybridized carbons (Fsp3) is 0.849. The molecule has 346 valence electrons. The Balaban J connectivity index is 3.45. The van der Waals surface area contributed by atoms with Crippen LogP contribution >= 0.6 is 0 Å². The Kier molecular flexibility index (Phi) is 47.2. The fourth-order valence-corrected chi connectivity index (χ4v) is 7.67. The van der Waals surface area contributed by atoms with E-state index in [1.807, 2.05) is 0 Å². The highest BCUT2D eigenvalue weighted by Gasteiger charge is 2.20. The summed E-state index contributed by atoms with van der Waals surface area (Å²) >= 11 is 0. The number of amides is 1. The van der Waals surface area contributed by atoms with E-state index in [9.17, 15) is 19.8 Å². The summed E-state index contributed by atoms with van der Waals surface area (Å²) in [6.07, 6.45) is 58.3. The van der Waals surface area contributed by atoms with Gasteiger partial charge in [-0.05, 0) is 77.0 Å². The summed E-state index contributed by atoms with van der Waals surface area (Å²) < 4.78 is 5.45. The maximum Gasteiger partial charge on any atom is 0.305 e. The summed E-state index contributed by atoms with van der Waals surface area (Å²) in [4.78, 5) is 24.4. The monoisotopic (exact) mass is 830 g/mol. The predicted molar refractivity (Wildman–Crippen MR) is 255 cm³/mol. The predicted octanol–water partition coefficient (Wildman–Crippen LogP) is 15.3. The molecule has 0 aliphatic heterocycles. The zero-order valence-corrected chi connectivity index (χ0v) is 39.2. The van der Waals surface area contributed by atoms with Gasteiger partial charge >= 0.3 is 5.97 Å². The van der Waals surface area contributed by atoms with Gasteiger partial charge in [0.25, 0.3) is 0 Å². The normalized spacial score (nSPS) is 12.9. The van der Waals surface area contributed by atoms with Crippen LogP contribution in [-0.2, 0) is 14.3 Å². The Morgan fingerprint density at radius 2 is 0.881 bits per heavy atom. The molecule has 2 unspecified atom stereocenters. The van der Waals surface area contributed by atoms with E-state index in [0.29, 0.717) is 25.9 Å². The zero-order valence-electron chi connectivity index (χ0n) is 39.2. The highest BCUT2D eigenvalue weighted by atomic mass is 16.5. The average molecular weight is 830 g/mol. The first-order chi connectivity index (χ1) is 29.0. The van der Waals surface area contributed by atoms with Gasteiger partial charge in [0.1, 0.15) is 0 Å². The van der Waals surface area contributed by atoms with Crippen LogP contribution in [0.5, 0.6) is 0 Å². The van der Waals surface area contributed by atoms with Gasteiger partial charge in [0.05, 0.1) is 25.4 Å². The van der Waals surface area contributed by atoms with Gasteiger partial charge in [0.2, 0.25) is 5.91 Å². The molecule has 0 spiro atoms. The van der Waals surface area contributed by atoms with E-state index < -0.39 is 12.1 Å². The standard InChI is InChI=1S/C53H99NO5/c1-3-5-7-9-11-13-15-22-27-31-35-39-43-47-53(58)59-48-44-40-36-32-28-24-21-19-17-16-18-20-23-26-30-34-38-42-46-52(57)54-50(49-55)51(56)45-41-37-33-29-25-14-12-10-8-6-4-2/h7,9,13,15,18,20,50-51,55-56H,3-6,8,10-12,14,16-17,19,21-49H2,1-2H3,(H,54,57)/b9-7-,15-13-,20-18-. The lowest BCUT2D eigenvalue weighted by molar-refractivity contribution is -0.143. The van der Waals surface area contributed by atoms with Gasteiger partial charge in [-0.1, -0.05) is 211 Å². The van der Waals surface area contributed by atoms with Crippen LogP contribution in [0.25, 0.3) is 0 Å². The molecule has 2 atom stereocenters. The van der Waals surface area contributed by atoms with Crippen LogP contribution in [0.1, 0.15) is 264 Å². The van der Waals surface area contributed by atoms with Gasteiger partial charge in [0, 0.05) is 12.8 Å². The highest BCUT2D eigenvalue weighted by Crippen LogP contribution is 2.15. The first kappa shape index (κ1) is 57.1. The smallest absolute Gasteiger partial charge is 0.305 e. The third-order valence-corrected chi connectivity index (χ3v) is 11.6. The molecule has 0 fully saturated rings. The molecule has 0 aromatic rings. The van der Waals surface area contributed by atoms with Gasteiger partial charge in [0.15, 0.2) is 0 Å². The van der Waals surface area contributed by atoms with Crippen molar-refractivity contribution in [2.24, 2.45) is 0 Å². The molecule has 59 heavy (non-hydrogen) atoms. The molecule has 1 amide bonds. The number of carbonyl (C=O) groups excluding carboxylic acids is 2. The van der Waals surface area contributed by atoms with Gasteiger partial charge in [-0.3, -0.25) is 9.59 Å². The third-order valence-electron chi connectivity index (χ3n) is 11.6. The van der Waals surface area contributed by atoms with Gasteiger partial charge in [-0.15, -0.1) is 0 Å². The zero-order chi connectivity index (χ0) is 43.0. The van der Waals surface area contributed by atoms with Crippen LogP contribution in [-0.4, -0.2) is 47.4 Å². The molecule has 0 radical (unpaired) electrons. The molecule has 6 nitrogen and oxygen atoms in total. The summed E-state index contributed by atoms with van der Waals surface area (Å²) in [6, 6.07) is -0.550. The Labute approximate surface area is 366 Å². The maximum atomic E-state index is 12.4. The van der Waals surface area contributed by atoms with Crippen LogP contribution in [0.2, 0.25) is 0 Å². The van der Waals surface area contributed by atoms with Crippen LogP contribution in [0.4, 0.5) is 0 Å². The van der Waals surface area contributed by atoms with Gasteiger partial charge in [-0.2, -0.15) is 0 Å². The number of ether oxygens (including phenoxy) is 1. The molecule has 0 heterocycles. The second-order valence-corrected chi connectivity index (χ2v) is 17.5. The molecule has 3 N–H and O–H groups in total. The lowest BCUT2D eigenvalue weighted by Crippen LogP contribution is -2.45. The van der Waals surface area contributed by atoms with Crippen molar-refractivity contribution in [1.82, 2.24) is 5.32 Å². The second-order valence-electron chi connectivity index (χ2n) is 17.5. The minimum absolute atomic E-state index is 0.0131. The lowest BCUT2D eigenvalue weighted by Gasteiger charge is -2.22. The molecule has 0 saturated carbocycles. The van der Waals surface area contributed by atoms with Crippen molar-refractivity contribution in [2.75, 3.05) is 13.2 Å². The molecule has 0 bridgehead atoms. The van der Waals surface area contributed by atoms with Crippen molar-refractivity contribution in [3.63, 3.8) is 0 Å². The van der Waals surface area contributed by atoms with Gasteiger partial charge in [-0.25, -0.2) is 0 Å². The number of rotatable bonds is 47. The van der Waals surface area contributed by atoms with E-state index in [2.05, 4.69) is 55.6 Å². The summed E-state index contributed by atoms with van der Waals surface area (Å²) in [5.41, 5.74) is 0. The second kappa shape index (κ2) is 48.7. The number of nitrogens with one attached hydrogen (secondary N) is 1. The van der Waals surface area contributed by atoms with Crippen LogP contribution in [0.3, 0.4) is 0 Å². The number of carbonyl (C=O) groups is 2. The highest BCUT2D eigenvalue weighted by molar-refractivity contribution is 5.76. The van der Waals surface area contributed by atoms with Crippen molar-refractivity contribution < 1.29 is 24.5 Å². The van der Waals surface area contributed by atoms with Crippen molar-refractivity contribution in [3.8, 4) is 0 Å². The molecule has 0 aromatic carbocycles. The first-order valence-corrected chi connectivity index (χ1v) is 25.7. The van der Waals surface area contributed by atoms with Crippen LogP contribution < -0.4 is 5.32 Å². The Bertz CT molecular complexity index is 962. The SMILES string of the molecule is CCC/C=C\C/C=C\CCCCCCCC(=O)OCCCCCCCCCCC/C=C\CCCCCCCC(=O)NC(CO)C(O)CCCCCCCCCCCCC. The number of hydrogen-bond donors (Lipinski definition) is 3. The van der Waals surface area contributed by atoms with E-state index in [1.165, 1.54) is 161 Å². The lowest BCUT2D eigenvalue weighted by atomic mass is 10.0. The number of aliphatic hydroxyl groups excluding tert-OH is 2. The van der Waals surface area contributed by atoms with Crippen molar-refractivity contribution in [2.45, 2.75) is 276 Å². The van der Waals surface area contributed by atoms with Crippen molar-refractivity contribution in [1.29, 1.82) is 0 Å². The molecule has 0 aliphatic rings. The number of hydrogen-bond acceptors (Lipinski definition) is 5. The minimum Gasteiger partial charge on any atom is -0.466 e. The molecule has 0 aliphatic carbocycles. The number of allylic oxidation sites excluding steroid dienone is 6. The Hall–Kier alpha value is -1.92. The van der Waals surface area contributed by atoms with Crippen LogP contribution in [0, 0.1) is 0 Å². The molecule has 0 saturated heterocycles. The first-order valence-electron chi connectivity index (χ1n) is 25.7. The quantitative estimate of drug-likeness (QED) is 0.0323. The van der Waals surface area contributed by atoms with E-state index in [-0.39, 0.29) is 18.5 Å². The van der Waals surface area contributed by atoms with Crippen molar-refractivity contribution >= 4 is 11.9 Å². The van der Waals surface area contributed by atoms with E-state index in [1.54, 1.807) is 0 Å². The Morgan fingerprint density at radius 3 is 1.37 bits per heavy atom. The number of aliphatic hydroxyl groups is 2. The maximum absolute atomic E-state index is 12.4. The summed E-state index contributed by atoms with van der Waals surface area (Å²) in [7, 11) is 0. The molecular weight excluding hydrogens is 731 g/mol. The fourth-order valence-electron chi connectivity index (χ4n) is 7.67. The number of unbranched alkanes of at least 4 members (excludes halogenated alkanes) is 30. The van der Waals surface area contributed by atoms with E-state index >= 15 is 0 Å². The number of esters is 1. The van der Waals surface area contributed by atoms with E-state index in [4.69, 9.17) is 4.74 Å². The topological polar surface area (TPSA) is 95.9 Å². The summed E-state index contributed by atoms with van der Waals surface area (Å²) in [6.45, 7) is 4.85. The molecular formula is C53H99NO5.